The lowest BCUT2D eigenvalue weighted by molar-refractivity contribution is -0.137. The van der Waals surface area contributed by atoms with Gasteiger partial charge >= 0.3 is 6.18 Å². The van der Waals surface area contributed by atoms with Crippen LogP contribution in [0.2, 0.25) is 0 Å². The third kappa shape index (κ3) is 5.06. The monoisotopic (exact) mass is 298 g/mol. The van der Waals surface area contributed by atoms with Crippen molar-refractivity contribution in [1.82, 2.24) is 10.3 Å². The summed E-state index contributed by atoms with van der Waals surface area (Å²) in [6, 6.07) is 0. The van der Waals surface area contributed by atoms with E-state index < -0.39 is 16.8 Å². The number of ether oxygens (including phenoxy) is 1. The molecule has 0 radical (unpaired) electrons. The van der Waals surface area contributed by atoms with Crippen molar-refractivity contribution in [2.24, 2.45) is 0 Å². The molecule has 1 unspecified atom stereocenters. The molecule has 19 heavy (non-hydrogen) atoms. The molecule has 1 aromatic heterocycles. The molecule has 0 aliphatic rings. The number of methoxy groups -OCH3 is 1. The number of alkyl halides is 3. The van der Waals surface area contributed by atoms with Crippen LogP contribution in [0.1, 0.15) is 23.2 Å². The average Bonchev–Trinajstić information content (AvgIpc) is 2.78. The van der Waals surface area contributed by atoms with E-state index in [0.717, 1.165) is 6.20 Å². The van der Waals surface area contributed by atoms with Crippen molar-refractivity contribution in [3.63, 3.8) is 0 Å². The molecule has 0 fully saturated rings. The Balaban J connectivity index is 2.54. The molecule has 0 aromatic carbocycles. The summed E-state index contributed by atoms with van der Waals surface area (Å²) in [6.45, 7) is 3.14. The van der Waals surface area contributed by atoms with Crippen molar-refractivity contribution in [3.8, 4) is 0 Å². The molecule has 0 spiro atoms. The van der Waals surface area contributed by atoms with Crippen molar-refractivity contribution in [3.05, 3.63) is 16.1 Å². The zero-order chi connectivity index (χ0) is 14.5. The van der Waals surface area contributed by atoms with Crippen molar-refractivity contribution >= 4 is 11.3 Å². The highest BCUT2D eigenvalue weighted by molar-refractivity contribution is 7.11. The average molecular weight is 298 g/mol. The number of aromatic nitrogens is 1. The molecule has 1 atom stereocenters. The van der Waals surface area contributed by atoms with Gasteiger partial charge in [-0.25, -0.2) is 4.98 Å². The zero-order valence-electron chi connectivity index (χ0n) is 10.8. The van der Waals surface area contributed by atoms with Crippen LogP contribution in [-0.2, 0) is 16.5 Å². The van der Waals surface area contributed by atoms with E-state index in [9.17, 15) is 18.3 Å². The van der Waals surface area contributed by atoms with Gasteiger partial charge in [0, 0.05) is 19.9 Å². The molecule has 1 heterocycles. The number of nitrogens with zero attached hydrogens (tertiary/aromatic N) is 1. The van der Waals surface area contributed by atoms with Gasteiger partial charge < -0.3 is 15.2 Å². The van der Waals surface area contributed by atoms with Gasteiger partial charge in [-0.1, -0.05) is 0 Å². The molecule has 1 aromatic rings. The minimum Gasteiger partial charge on any atom is -0.385 e. The third-order valence-electron chi connectivity index (χ3n) is 2.55. The Morgan fingerprint density at radius 2 is 2.11 bits per heavy atom. The number of nitrogens with one attached hydrogen (secondary N) is 1. The predicted molar refractivity (Wildman–Crippen MR) is 66.0 cm³/mol. The van der Waals surface area contributed by atoms with Crippen molar-refractivity contribution in [2.45, 2.75) is 25.1 Å². The van der Waals surface area contributed by atoms with Crippen LogP contribution in [-0.4, -0.2) is 36.9 Å². The molecule has 8 heteroatoms. The molecule has 0 amide bonds. The van der Waals surface area contributed by atoms with E-state index in [0.29, 0.717) is 37.5 Å². The normalized spacial score (nSPS) is 15.5. The second-order valence-corrected chi connectivity index (χ2v) is 5.32. The van der Waals surface area contributed by atoms with Crippen LogP contribution >= 0.6 is 11.3 Å². The fourth-order valence-electron chi connectivity index (χ4n) is 1.41. The number of hydrogen-bond donors (Lipinski definition) is 2. The summed E-state index contributed by atoms with van der Waals surface area (Å²) >= 11 is 0.476. The summed E-state index contributed by atoms with van der Waals surface area (Å²) in [7, 11) is 1.58. The first-order valence-electron chi connectivity index (χ1n) is 5.73. The van der Waals surface area contributed by atoms with Crippen LogP contribution in [0.25, 0.3) is 0 Å². The highest BCUT2D eigenvalue weighted by atomic mass is 32.1. The Hall–Kier alpha value is -0.700. The van der Waals surface area contributed by atoms with E-state index in [1.165, 1.54) is 6.92 Å². The first kappa shape index (κ1) is 16.4. The molecule has 4 nitrogen and oxygen atoms in total. The van der Waals surface area contributed by atoms with Gasteiger partial charge in [0.1, 0.15) is 0 Å². The molecule has 0 saturated heterocycles. The summed E-state index contributed by atoms with van der Waals surface area (Å²) in [5, 5.41) is 12.2. The minimum absolute atomic E-state index is 0.216. The summed E-state index contributed by atoms with van der Waals surface area (Å²) in [4.78, 5) is 3.52. The first-order chi connectivity index (χ1) is 8.77. The smallest absolute Gasteiger partial charge is 0.385 e. The Bertz CT molecular complexity index is 394. The highest BCUT2D eigenvalue weighted by Crippen LogP contribution is 2.36. The van der Waals surface area contributed by atoms with Gasteiger partial charge in [0.15, 0.2) is 5.01 Å². The Labute approximate surface area is 113 Å². The third-order valence-corrected chi connectivity index (χ3v) is 3.85. The van der Waals surface area contributed by atoms with Gasteiger partial charge in [-0.3, -0.25) is 0 Å². The van der Waals surface area contributed by atoms with Crippen LogP contribution in [0.5, 0.6) is 0 Å². The second-order valence-electron chi connectivity index (χ2n) is 4.29. The van der Waals surface area contributed by atoms with E-state index in [4.69, 9.17) is 4.74 Å². The number of halogens is 3. The molecular formula is C11H17F3N2O2S. The van der Waals surface area contributed by atoms with Gasteiger partial charge in [-0.05, 0) is 19.9 Å². The van der Waals surface area contributed by atoms with Crippen LogP contribution in [0.3, 0.4) is 0 Å². The molecule has 110 valence electrons. The zero-order valence-corrected chi connectivity index (χ0v) is 11.6. The largest absolute Gasteiger partial charge is 0.443 e. The first-order valence-corrected chi connectivity index (χ1v) is 6.54. The topological polar surface area (TPSA) is 54.4 Å². The van der Waals surface area contributed by atoms with E-state index in [1.807, 2.05) is 0 Å². The molecule has 0 bridgehead atoms. The van der Waals surface area contributed by atoms with Crippen molar-refractivity contribution in [2.75, 3.05) is 26.8 Å². The van der Waals surface area contributed by atoms with Gasteiger partial charge in [0.2, 0.25) is 0 Å². The van der Waals surface area contributed by atoms with Gasteiger partial charge in [-0.2, -0.15) is 13.2 Å². The molecular weight excluding hydrogens is 281 g/mol. The van der Waals surface area contributed by atoms with Crippen LogP contribution < -0.4 is 5.32 Å². The quantitative estimate of drug-likeness (QED) is 0.756. The summed E-state index contributed by atoms with van der Waals surface area (Å²) in [5.41, 5.74) is -1.32. The van der Waals surface area contributed by atoms with E-state index in [2.05, 4.69) is 10.3 Å². The summed E-state index contributed by atoms with van der Waals surface area (Å²) < 4.78 is 42.1. The Morgan fingerprint density at radius 1 is 1.42 bits per heavy atom. The summed E-state index contributed by atoms with van der Waals surface area (Å²) in [6.07, 6.45) is -3.07. The molecule has 0 saturated carbocycles. The van der Waals surface area contributed by atoms with Gasteiger partial charge in [0.05, 0.1) is 17.1 Å². The molecule has 1 rings (SSSR count). The van der Waals surface area contributed by atoms with Crippen LogP contribution in [0.4, 0.5) is 13.2 Å². The maximum atomic E-state index is 12.4. The number of aliphatic hydroxyl groups is 1. The van der Waals surface area contributed by atoms with Gasteiger partial charge in [0.25, 0.3) is 0 Å². The van der Waals surface area contributed by atoms with E-state index in [1.54, 1.807) is 7.11 Å². The maximum absolute atomic E-state index is 12.4. The van der Waals surface area contributed by atoms with Crippen molar-refractivity contribution in [1.29, 1.82) is 0 Å². The SMILES string of the molecule is COCCNCCC(C)(O)c1cnc(C(F)(F)F)s1. The molecule has 2 N–H and O–H groups in total. The predicted octanol–water partition coefficient (Wildman–Crippen LogP) is 2.00. The van der Waals surface area contributed by atoms with Crippen LogP contribution in [0, 0.1) is 0 Å². The fourth-order valence-corrected chi connectivity index (χ4v) is 2.27. The van der Waals surface area contributed by atoms with Gasteiger partial charge in [-0.15, -0.1) is 11.3 Å². The number of hydrogen-bond acceptors (Lipinski definition) is 5. The highest BCUT2D eigenvalue weighted by Gasteiger charge is 2.36. The fraction of sp³-hybridized carbons (Fsp3) is 0.727. The van der Waals surface area contributed by atoms with Crippen molar-refractivity contribution < 1.29 is 23.0 Å². The minimum atomic E-state index is -4.46. The van der Waals surface area contributed by atoms with E-state index in [-0.39, 0.29) is 4.88 Å². The maximum Gasteiger partial charge on any atom is 0.443 e. The lowest BCUT2D eigenvalue weighted by Crippen LogP contribution is -2.28. The molecule has 0 aliphatic heterocycles. The lowest BCUT2D eigenvalue weighted by atomic mass is 10.0. The number of rotatable bonds is 7. The second kappa shape index (κ2) is 6.65. The van der Waals surface area contributed by atoms with E-state index >= 15 is 0 Å². The number of thiazole rings is 1. The molecule has 0 aliphatic carbocycles. The Morgan fingerprint density at radius 3 is 2.63 bits per heavy atom. The Kier molecular flexibility index (Phi) is 5.72. The lowest BCUT2D eigenvalue weighted by Gasteiger charge is -2.21. The van der Waals surface area contributed by atoms with Crippen LogP contribution in [0.15, 0.2) is 6.20 Å². The summed E-state index contributed by atoms with van der Waals surface area (Å²) in [5.74, 6) is 0. The standard InChI is InChI=1S/C11H17F3N2O2S/c1-10(17,3-4-15-5-6-18-2)8-7-16-9(19-8)11(12,13)14/h7,15,17H,3-6H2,1-2H3.